The van der Waals surface area contributed by atoms with E-state index in [2.05, 4.69) is 9.88 Å². The van der Waals surface area contributed by atoms with Crippen LogP contribution in [0.3, 0.4) is 0 Å². The quantitative estimate of drug-likeness (QED) is 0.320. The van der Waals surface area contributed by atoms with E-state index in [-0.39, 0.29) is 11.6 Å². The third kappa shape index (κ3) is 4.27. The summed E-state index contributed by atoms with van der Waals surface area (Å²) in [4.78, 5) is 29.6. The molecule has 0 saturated carbocycles. The van der Waals surface area contributed by atoms with E-state index < -0.39 is 11.5 Å². The molecule has 170 valence electrons. The van der Waals surface area contributed by atoms with Crippen LogP contribution in [0.1, 0.15) is 40.7 Å². The van der Waals surface area contributed by atoms with Crippen molar-refractivity contribution in [2.24, 2.45) is 0 Å². The number of nitrogens with one attached hydrogen (secondary N) is 2. The van der Waals surface area contributed by atoms with Crippen LogP contribution in [-0.2, 0) is 11.3 Å². The van der Waals surface area contributed by atoms with Gasteiger partial charge in [-0.05, 0) is 47.5 Å². The van der Waals surface area contributed by atoms with E-state index in [4.69, 9.17) is 9.94 Å². The number of Topliss-reactive ketones (excluding diaryl/α,β-unsaturated/α-hetero) is 1. The van der Waals surface area contributed by atoms with E-state index in [9.17, 15) is 14.0 Å². The Kier molecular flexibility index (Phi) is 5.47. The first-order valence-electron chi connectivity index (χ1n) is 10.9. The minimum Gasteiger partial charge on any atom is -0.486 e. The molecule has 5 rings (SSSR count). The van der Waals surface area contributed by atoms with Crippen molar-refractivity contribution in [1.29, 1.82) is 0 Å². The van der Waals surface area contributed by atoms with Gasteiger partial charge in [-0.1, -0.05) is 6.07 Å². The van der Waals surface area contributed by atoms with Gasteiger partial charge in [0.25, 0.3) is 5.91 Å². The second-order valence-electron chi connectivity index (χ2n) is 8.73. The molecule has 8 heteroatoms. The fraction of sp³-hybridized carbons (Fsp3) is 0.280. The van der Waals surface area contributed by atoms with Crippen LogP contribution in [0.5, 0.6) is 5.75 Å². The molecule has 33 heavy (non-hydrogen) atoms. The van der Waals surface area contributed by atoms with Crippen LogP contribution in [0, 0.1) is 5.82 Å². The normalized spacial score (nSPS) is 17.9. The number of amides is 1. The van der Waals surface area contributed by atoms with E-state index in [1.54, 1.807) is 30.3 Å². The van der Waals surface area contributed by atoms with Crippen LogP contribution in [0.4, 0.5) is 4.39 Å². The molecule has 1 saturated heterocycles. The highest BCUT2D eigenvalue weighted by Gasteiger charge is 2.43. The van der Waals surface area contributed by atoms with Crippen molar-refractivity contribution in [2.75, 3.05) is 13.1 Å². The highest BCUT2D eigenvalue weighted by Crippen LogP contribution is 2.40. The number of aromatic amines is 1. The number of fused-ring (bicyclic) bond motifs is 2. The summed E-state index contributed by atoms with van der Waals surface area (Å²) in [5.74, 6) is -0.294. The first kappa shape index (κ1) is 21.4. The van der Waals surface area contributed by atoms with E-state index in [0.717, 1.165) is 42.4 Å². The van der Waals surface area contributed by atoms with Gasteiger partial charge in [-0.25, -0.2) is 9.87 Å². The third-order valence-electron chi connectivity index (χ3n) is 6.54. The smallest absolute Gasteiger partial charge is 0.267 e. The fourth-order valence-corrected chi connectivity index (χ4v) is 4.74. The van der Waals surface area contributed by atoms with Crippen LogP contribution in [0.15, 0.2) is 48.7 Å². The lowest BCUT2D eigenvalue weighted by Gasteiger charge is -2.44. The number of H-pyrrole nitrogens is 1. The lowest BCUT2D eigenvalue weighted by Crippen LogP contribution is -2.50. The predicted molar refractivity (Wildman–Crippen MR) is 120 cm³/mol. The zero-order valence-corrected chi connectivity index (χ0v) is 17.9. The molecule has 2 aromatic carbocycles. The van der Waals surface area contributed by atoms with Gasteiger partial charge in [0.15, 0.2) is 5.78 Å². The van der Waals surface area contributed by atoms with Gasteiger partial charge >= 0.3 is 0 Å². The summed E-state index contributed by atoms with van der Waals surface area (Å²) in [6.45, 7) is 2.27. The summed E-state index contributed by atoms with van der Waals surface area (Å²) in [6, 6.07) is 10.0. The monoisotopic (exact) mass is 449 g/mol. The number of carbonyl (C=O) groups is 2. The number of ketones is 1. The predicted octanol–water partition coefficient (Wildman–Crippen LogP) is 3.83. The Morgan fingerprint density at radius 3 is 2.85 bits per heavy atom. The number of piperidine rings is 1. The van der Waals surface area contributed by atoms with Gasteiger partial charge in [-0.15, -0.1) is 0 Å². The topological polar surface area (TPSA) is 94.7 Å². The SMILES string of the molecule is O=C(C=Cc1ccc2c(c1)C(=O)CC1(CCN(Cc3c[nH]c4ccc(F)cc34)CC1)O2)NO. The highest BCUT2D eigenvalue weighted by atomic mass is 19.1. The highest BCUT2D eigenvalue weighted by molar-refractivity contribution is 6.01. The van der Waals surface area contributed by atoms with Crippen molar-refractivity contribution in [2.45, 2.75) is 31.4 Å². The Bertz CT molecular complexity index is 1260. The Morgan fingerprint density at radius 1 is 1.24 bits per heavy atom. The van der Waals surface area contributed by atoms with Crippen LogP contribution < -0.4 is 10.2 Å². The molecule has 3 N–H and O–H groups in total. The third-order valence-corrected chi connectivity index (χ3v) is 6.54. The van der Waals surface area contributed by atoms with Crippen molar-refractivity contribution in [3.05, 3.63) is 71.2 Å². The zero-order valence-electron chi connectivity index (χ0n) is 17.9. The molecule has 7 nitrogen and oxygen atoms in total. The summed E-state index contributed by atoms with van der Waals surface area (Å²) in [5, 5.41) is 9.49. The lowest BCUT2D eigenvalue weighted by atomic mass is 9.82. The molecule has 0 radical (unpaired) electrons. The number of hydrogen-bond acceptors (Lipinski definition) is 5. The van der Waals surface area contributed by atoms with Crippen molar-refractivity contribution in [1.82, 2.24) is 15.4 Å². The molecule has 1 fully saturated rings. The second-order valence-corrected chi connectivity index (χ2v) is 8.73. The Balaban J connectivity index is 1.27. The summed E-state index contributed by atoms with van der Waals surface area (Å²) in [5.41, 5.74) is 4.18. The number of hydrogen-bond donors (Lipinski definition) is 3. The van der Waals surface area contributed by atoms with Gasteiger partial charge < -0.3 is 9.72 Å². The van der Waals surface area contributed by atoms with Crippen molar-refractivity contribution < 1.29 is 23.9 Å². The molecule has 1 spiro atoms. The van der Waals surface area contributed by atoms with Gasteiger partial charge in [-0.3, -0.25) is 19.7 Å². The van der Waals surface area contributed by atoms with E-state index in [1.165, 1.54) is 23.7 Å². The molecule has 3 aromatic rings. The maximum absolute atomic E-state index is 13.7. The molecule has 0 atom stereocenters. The van der Waals surface area contributed by atoms with Crippen molar-refractivity contribution >= 4 is 28.7 Å². The number of likely N-dealkylation sites (tertiary alicyclic amines) is 1. The molecule has 3 heterocycles. The molecular formula is C25H24FN3O4. The van der Waals surface area contributed by atoms with Crippen molar-refractivity contribution in [3.8, 4) is 5.75 Å². The number of rotatable bonds is 4. The number of benzene rings is 2. The maximum atomic E-state index is 13.7. The largest absolute Gasteiger partial charge is 0.486 e. The molecule has 1 aromatic heterocycles. The van der Waals surface area contributed by atoms with Crippen LogP contribution in [0.2, 0.25) is 0 Å². The molecular weight excluding hydrogens is 425 g/mol. The number of halogens is 1. The van der Waals surface area contributed by atoms with Crippen LogP contribution in [-0.4, -0.2) is 45.5 Å². The van der Waals surface area contributed by atoms with E-state index in [0.29, 0.717) is 29.8 Å². The van der Waals surface area contributed by atoms with E-state index in [1.807, 2.05) is 6.20 Å². The first-order chi connectivity index (χ1) is 15.9. The Morgan fingerprint density at radius 2 is 2.06 bits per heavy atom. The van der Waals surface area contributed by atoms with Gasteiger partial charge in [-0.2, -0.15) is 0 Å². The van der Waals surface area contributed by atoms with E-state index >= 15 is 0 Å². The molecule has 0 aliphatic carbocycles. The summed E-state index contributed by atoms with van der Waals surface area (Å²) < 4.78 is 20.0. The number of ether oxygens (including phenoxy) is 1. The molecule has 1 amide bonds. The van der Waals surface area contributed by atoms with Gasteiger partial charge in [0.1, 0.15) is 17.2 Å². The zero-order chi connectivity index (χ0) is 23.0. The summed E-state index contributed by atoms with van der Waals surface area (Å²) in [7, 11) is 0. The number of carbonyl (C=O) groups excluding carboxylic acids is 2. The van der Waals surface area contributed by atoms with Crippen LogP contribution in [0.25, 0.3) is 17.0 Å². The van der Waals surface area contributed by atoms with Gasteiger partial charge in [0, 0.05) is 55.7 Å². The fourth-order valence-electron chi connectivity index (χ4n) is 4.74. The number of aromatic nitrogens is 1. The summed E-state index contributed by atoms with van der Waals surface area (Å²) in [6.07, 6.45) is 6.42. The Labute approximate surface area is 189 Å². The molecule has 0 bridgehead atoms. The maximum Gasteiger partial charge on any atom is 0.267 e. The number of nitrogens with zero attached hydrogens (tertiary/aromatic N) is 1. The standard InChI is InChI=1S/C25H24FN3O4/c26-18-3-4-21-19(12-18)17(14-27-21)15-29-9-7-25(8-10-29)13-22(30)20-11-16(1-5-23(20)33-25)2-6-24(31)28-32/h1-6,11-12,14,27,32H,7-10,13,15H2,(H,28,31). The minimum atomic E-state index is -0.640. The molecule has 2 aliphatic heterocycles. The molecule has 2 aliphatic rings. The average Bonchev–Trinajstić information content (AvgIpc) is 3.21. The average molecular weight is 449 g/mol. The van der Waals surface area contributed by atoms with Gasteiger partial charge in [0.2, 0.25) is 0 Å². The van der Waals surface area contributed by atoms with Gasteiger partial charge in [0.05, 0.1) is 12.0 Å². The summed E-state index contributed by atoms with van der Waals surface area (Å²) >= 11 is 0. The Hall–Kier alpha value is -3.49. The number of hydroxylamine groups is 1. The second kappa shape index (κ2) is 8.46. The van der Waals surface area contributed by atoms with Crippen LogP contribution >= 0.6 is 0 Å². The molecule has 0 unspecified atom stereocenters. The first-order valence-corrected chi connectivity index (χ1v) is 10.9. The van der Waals surface area contributed by atoms with Crippen molar-refractivity contribution in [3.63, 3.8) is 0 Å². The minimum absolute atomic E-state index is 0.0265. The lowest BCUT2D eigenvalue weighted by molar-refractivity contribution is -0.124.